The molecule has 268 valence electrons. The fraction of sp³-hybridized carbons (Fsp3) is 0.595. The maximum atomic E-state index is 10.4. The monoisotopic (exact) mass is 683 g/mol. The number of ether oxygens (including phenoxy) is 4. The predicted octanol–water partition coefficient (Wildman–Crippen LogP) is 6.20. The highest BCUT2D eigenvalue weighted by Crippen LogP contribution is 2.56. The second-order valence-electron chi connectivity index (χ2n) is 15.6. The van der Waals surface area contributed by atoms with E-state index in [4.69, 9.17) is 18.9 Å². The van der Waals surface area contributed by atoms with Gasteiger partial charge in [-0.15, -0.1) is 0 Å². The molecule has 0 radical (unpaired) electrons. The van der Waals surface area contributed by atoms with Crippen molar-refractivity contribution in [2.24, 2.45) is 0 Å². The zero-order chi connectivity index (χ0) is 34.3. The minimum atomic E-state index is -0.453. The van der Waals surface area contributed by atoms with Crippen molar-refractivity contribution in [3.05, 3.63) is 70.8 Å². The van der Waals surface area contributed by atoms with Gasteiger partial charge in [0.15, 0.2) is 29.2 Å². The molecule has 2 N–H and O–H groups in total. The molecule has 2 aromatic carbocycles. The summed E-state index contributed by atoms with van der Waals surface area (Å²) in [5.74, 6) is 3.35. The van der Waals surface area contributed by atoms with Gasteiger partial charge in [0.25, 0.3) is 0 Å². The molecule has 8 heteroatoms. The standard InChI is InChI=1S/C42H55N2O6/c1-47-33-13-11-29-27-43(23-19-41-17-15-31(45)25-35(41)49-39(33)37(29)41)21-9-7-5-3-4-6-8-10-22-44-24-20-42-18-16-32(46)26-36(42)50-40-34(48-2)14-12-30(28-44)38(40)42/h11-18,27,31-32,35-36,45-46H,3-10,19-26,28H2,1-2H3/q+1/t31-,32-,35?,36-,41-,42-/m0/s1. The Morgan fingerprint density at radius 1 is 0.760 bits per heavy atom. The second kappa shape index (κ2) is 14.0. The lowest BCUT2D eigenvalue weighted by atomic mass is 9.69. The van der Waals surface area contributed by atoms with Crippen molar-refractivity contribution >= 4 is 6.21 Å². The molecule has 0 amide bonds. The van der Waals surface area contributed by atoms with Crippen molar-refractivity contribution in [1.82, 2.24) is 4.90 Å². The van der Waals surface area contributed by atoms with E-state index in [2.05, 4.69) is 46.0 Å². The lowest BCUT2D eigenvalue weighted by molar-refractivity contribution is -0.524. The molecule has 0 saturated heterocycles. The van der Waals surface area contributed by atoms with Gasteiger partial charge in [0.05, 0.1) is 37.3 Å². The van der Waals surface area contributed by atoms with E-state index in [1.165, 1.54) is 73.6 Å². The molecule has 0 fully saturated rings. The smallest absolute Gasteiger partial charge is 0.171 e. The van der Waals surface area contributed by atoms with Crippen LogP contribution in [0.5, 0.6) is 23.0 Å². The summed E-state index contributed by atoms with van der Waals surface area (Å²) < 4.78 is 26.8. The fourth-order valence-corrected chi connectivity index (χ4v) is 9.91. The Bertz CT molecular complexity index is 1670. The van der Waals surface area contributed by atoms with Crippen LogP contribution in [0, 0.1) is 0 Å². The van der Waals surface area contributed by atoms with Crippen molar-refractivity contribution in [3.63, 3.8) is 0 Å². The molecule has 6 atom stereocenters. The third-order valence-electron chi connectivity index (χ3n) is 12.6. The first-order valence-corrected chi connectivity index (χ1v) is 19.3. The zero-order valence-corrected chi connectivity index (χ0v) is 29.9. The first-order chi connectivity index (χ1) is 24.4. The third-order valence-corrected chi connectivity index (χ3v) is 12.6. The van der Waals surface area contributed by atoms with Crippen LogP contribution < -0.4 is 18.9 Å². The van der Waals surface area contributed by atoms with E-state index in [9.17, 15) is 10.2 Å². The summed E-state index contributed by atoms with van der Waals surface area (Å²) in [6.07, 6.45) is 23.3. The highest BCUT2D eigenvalue weighted by molar-refractivity contribution is 5.83. The van der Waals surface area contributed by atoms with E-state index >= 15 is 0 Å². The zero-order valence-electron chi connectivity index (χ0n) is 29.9. The van der Waals surface area contributed by atoms with E-state index < -0.39 is 12.2 Å². The van der Waals surface area contributed by atoms with Gasteiger partial charge in [-0.05, 0) is 56.1 Å². The number of methoxy groups -OCH3 is 2. The van der Waals surface area contributed by atoms with Gasteiger partial charge in [0, 0.05) is 48.9 Å². The lowest BCUT2D eigenvalue weighted by Crippen LogP contribution is -2.43. The van der Waals surface area contributed by atoms with Crippen molar-refractivity contribution in [1.29, 1.82) is 0 Å². The maximum Gasteiger partial charge on any atom is 0.171 e. The van der Waals surface area contributed by atoms with Gasteiger partial charge in [-0.25, -0.2) is 4.58 Å². The van der Waals surface area contributed by atoms with Crippen LogP contribution in [-0.4, -0.2) is 90.7 Å². The molecule has 0 aromatic heterocycles. The summed E-state index contributed by atoms with van der Waals surface area (Å²) in [5.41, 5.74) is 4.76. The van der Waals surface area contributed by atoms with Crippen LogP contribution >= 0.6 is 0 Å². The average Bonchev–Trinajstić information content (AvgIpc) is 3.51. The molecule has 1 unspecified atom stereocenters. The number of aliphatic hydroxyl groups is 2. The van der Waals surface area contributed by atoms with Gasteiger partial charge >= 0.3 is 0 Å². The molecule has 2 aliphatic carbocycles. The highest BCUT2D eigenvalue weighted by Gasteiger charge is 2.54. The quantitative estimate of drug-likeness (QED) is 0.148. The molecule has 8 rings (SSSR count). The van der Waals surface area contributed by atoms with Crippen LogP contribution in [0.25, 0.3) is 0 Å². The summed E-state index contributed by atoms with van der Waals surface area (Å²) >= 11 is 0. The average molecular weight is 684 g/mol. The van der Waals surface area contributed by atoms with Crippen molar-refractivity contribution < 1.29 is 33.7 Å². The molecular formula is C42H55N2O6+. The summed E-state index contributed by atoms with van der Waals surface area (Å²) in [4.78, 5) is 2.63. The Labute approximate surface area is 297 Å². The number of hydrogen-bond acceptors (Lipinski definition) is 7. The maximum absolute atomic E-state index is 10.4. The number of unbranched alkanes of at least 4 members (excludes halogenated alkanes) is 7. The topological polar surface area (TPSA) is 83.6 Å². The van der Waals surface area contributed by atoms with Gasteiger partial charge in [0.1, 0.15) is 25.3 Å². The van der Waals surface area contributed by atoms with Crippen molar-refractivity contribution in [2.45, 2.75) is 119 Å². The third kappa shape index (κ3) is 5.95. The van der Waals surface area contributed by atoms with E-state index in [0.717, 1.165) is 68.6 Å². The number of nitrogens with zero attached hydrogens (tertiary/aromatic N) is 2. The summed E-state index contributed by atoms with van der Waals surface area (Å²) in [7, 11) is 3.42. The molecular weight excluding hydrogens is 628 g/mol. The van der Waals surface area contributed by atoms with Crippen LogP contribution in [0.1, 0.15) is 99.3 Å². The highest BCUT2D eigenvalue weighted by atomic mass is 16.5. The Balaban J connectivity index is 0.773. The number of rotatable bonds is 13. The largest absolute Gasteiger partial charge is 0.493 e. The van der Waals surface area contributed by atoms with E-state index in [1.54, 1.807) is 14.2 Å². The first kappa shape index (κ1) is 33.8. The molecule has 0 bridgehead atoms. The van der Waals surface area contributed by atoms with Gasteiger partial charge in [0.2, 0.25) is 0 Å². The van der Waals surface area contributed by atoms with Crippen LogP contribution in [0.15, 0.2) is 48.6 Å². The van der Waals surface area contributed by atoms with Gasteiger partial charge in [-0.2, -0.15) is 0 Å². The second-order valence-corrected chi connectivity index (χ2v) is 15.6. The minimum Gasteiger partial charge on any atom is -0.493 e. The fourth-order valence-electron chi connectivity index (χ4n) is 9.91. The molecule has 2 aromatic rings. The van der Waals surface area contributed by atoms with Gasteiger partial charge in [-0.1, -0.05) is 62.5 Å². The van der Waals surface area contributed by atoms with E-state index in [0.29, 0.717) is 12.8 Å². The first-order valence-electron chi connectivity index (χ1n) is 19.3. The summed E-state index contributed by atoms with van der Waals surface area (Å²) in [5, 5.41) is 20.7. The molecule has 8 nitrogen and oxygen atoms in total. The predicted molar refractivity (Wildman–Crippen MR) is 194 cm³/mol. The normalized spacial score (nSPS) is 30.2. The molecule has 50 heavy (non-hydrogen) atoms. The Morgan fingerprint density at radius 2 is 1.36 bits per heavy atom. The minimum absolute atomic E-state index is 0.0284. The summed E-state index contributed by atoms with van der Waals surface area (Å²) in [6, 6.07) is 8.50. The SMILES string of the molecule is COc1ccc2c3c1OC1C[C@@H](O)C=C[C@@]31CC[N+](CCCCCCCCCCN1CC[C@@]34C=C[C@H](O)C[C@@H]3Oc3c(OC)ccc(c34)C1)=C2. The molecule has 6 aliphatic rings. The number of aliphatic hydroxyl groups excluding tert-OH is 2. The van der Waals surface area contributed by atoms with Gasteiger partial charge in [-0.3, -0.25) is 4.90 Å². The lowest BCUT2D eigenvalue weighted by Gasteiger charge is -2.35. The number of benzene rings is 2. The van der Waals surface area contributed by atoms with E-state index in [1.807, 2.05) is 18.2 Å². The Kier molecular flexibility index (Phi) is 9.46. The van der Waals surface area contributed by atoms with Gasteiger partial charge < -0.3 is 29.2 Å². The van der Waals surface area contributed by atoms with Crippen LogP contribution in [-0.2, 0) is 17.4 Å². The van der Waals surface area contributed by atoms with Crippen LogP contribution in [0.2, 0.25) is 0 Å². The van der Waals surface area contributed by atoms with E-state index in [-0.39, 0.29) is 23.0 Å². The van der Waals surface area contributed by atoms with Crippen molar-refractivity contribution in [2.75, 3.05) is 40.4 Å². The molecule has 2 spiro atoms. The molecule has 0 saturated carbocycles. The number of hydrogen-bond donors (Lipinski definition) is 2. The Hall–Kier alpha value is -3.33. The summed E-state index contributed by atoms with van der Waals surface area (Å²) in [6.45, 7) is 5.19. The Morgan fingerprint density at radius 3 is 2.04 bits per heavy atom. The van der Waals surface area contributed by atoms with Crippen LogP contribution in [0.3, 0.4) is 0 Å². The molecule has 4 aliphatic heterocycles. The van der Waals surface area contributed by atoms with Crippen LogP contribution in [0.4, 0.5) is 0 Å². The molecule has 4 heterocycles. The van der Waals surface area contributed by atoms with Crippen molar-refractivity contribution in [3.8, 4) is 23.0 Å².